The predicted octanol–water partition coefficient (Wildman–Crippen LogP) is 0.277. The van der Waals surface area contributed by atoms with Gasteiger partial charge < -0.3 is 25.2 Å². The van der Waals surface area contributed by atoms with Crippen LogP contribution in [0.25, 0.3) is 0 Å². The minimum Gasteiger partial charge on any atom is -0.479 e. The monoisotopic (exact) mass is 300 g/mol. The van der Waals surface area contributed by atoms with E-state index >= 15 is 0 Å². The number of ether oxygens (including phenoxy) is 1. The van der Waals surface area contributed by atoms with Crippen LogP contribution in [-0.4, -0.2) is 59.5 Å². The minimum atomic E-state index is -1.10. The number of nitrogens with zero attached hydrogens (tertiary/aromatic N) is 1. The van der Waals surface area contributed by atoms with Gasteiger partial charge in [0.25, 0.3) is 0 Å². The molecule has 3 N–H and O–H groups in total. The number of urea groups is 1. The smallest absolute Gasteiger partial charge is 0.331 e. The van der Waals surface area contributed by atoms with Crippen molar-refractivity contribution in [3.8, 4) is 0 Å². The number of aliphatic carboxylic acids is 1. The number of rotatable bonds is 4. The van der Waals surface area contributed by atoms with Crippen LogP contribution in [0.5, 0.6) is 0 Å². The summed E-state index contributed by atoms with van der Waals surface area (Å²) < 4.78 is 5.25. The molecule has 7 nitrogen and oxygen atoms in total. The van der Waals surface area contributed by atoms with Crippen LogP contribution in [0, 0.1) is 0 Å². The van der Waals surface area contributed by atoms with Gasteiger partial charge in [0.15, 0.2) is 6.04 Å². The maximum atomic E-state index is 12.1. The van der Waals surface area contributed by atoms with E-state index < -0.39 is 24.1 Å². The van der Waals surface area contributed by atoms with Crippen molar-refractivity contribution in [1.82, 2.24) is 10.2 Å². The Balaban J connectivity index is 2.00. The third-order valence-electron chi connectivity index (χ3n) is 2.97. The predicted molar refractivity (Wildman–Crippen MR) is 71.6 cm³/mol. The Hall–Kier alpha value is -1.64. The number of hydrogen-bond acceptors (Lipinski definition) is 5. The molecule has 1 aliphatic heterocycles. The van der Waals surface area contributed by atoms with E-state index in [2.05, 4.69) is 5.32 Å². The van der Waals surface area contributed by atoms with Crippen LogP contribution in [0.4, 0.5) is 4.79 Å². The fourth-order valence-electron chi connectivity index (χ4n) is 1.94. The molecule has 1 saturated heterocycles. The third kappa shape index (κ3) is 3.47. The summed E-state index contributed by atoms with van der Waals surface area (Å²) in [4.78, 5) is 25.4. The number of carbonyl (C=O) groups excluding carboxylic acids is 1. The van der Waals surface area contributed by atoms with Crippen LogP contribution in [0.3, 0.4) is 0 Å². The van der Waals surface area contributed by atoms with Crippen LogP contribution >= 0.6 is 11.3 Å². The molecule has 0 spiro atoms. The summed E-state index contributed by atoms with van der Waals surface area (Å²) in [6.45, 7) is 0.782. The van der Waals surface area contributed by atoms with Crippen molar-refractivity contribution in [3.63, 3.8) is 0 Å². The van der Waals surface area contributed by atoms with Gasteiger partial charge in [0.05, 0.1) is 25.9 Å². The lowest BCUT2D eigenvalue weighted by molar-refractivity contribution is -0.139. The molecule has 0 aliphatic carbocycles. The lowest BCUT2D eigenvalue weighted by Gasteiger charge is -2.32. The molecule has 2 unspecified atom stereocenters. The largest absolute Gasteiger partial charge is 0.479 e. The van der Waals surface area contributed by atoms with Crippen LogP contribution in [0.15, 0.2) is 17.5 Å². The number of aliphatic hydroxyl groups excluding tert-OH is 1. The molecule has 8 heteroatoms. The zero-order valence-corrected chi connectivity index (χ0v) is 11.5. The van der Waals surface area contributed by atoms with Gasteiger partial charge in [-0.3, -0.25) is 0 Å². The molecule has 2 rings (SSSR count). The number of carboxylic acid groups (broad SMARTS) is 1. The van der Waals surface area contributed by atoms with Gasteiger partial charge in [-0.05, 0) is 11.4 Å². The number of carbonyl (C=O) groups is 2. The molecule has 2 amide bonds. The second kappa shape index (κ2) is 6.69. The Morgan fingerprint density at radius 3 is 3.00 bits per heavy atom. The van der Waals surface area contributed by atoms with Crippen molar-refractivity contribution in [3.05, 3.63) is 22.4 Å². The van der Waals surface area contributed by atoms with Gasteiger partial charge in [-0.25, -0.2) is 9.59 Å². The second-order valence-corrected chi connectivity index (χ2v) is 5.34. The number of nitrogens with one attached hydrogen (secondary N) is 1. The molecular weight excluding hydrogens is 284 g/mol. The normalized spacial score (nSPS) is 20.4. The molecule has 0 bridgehead atoms. The van der Waals surface area contributed by atoms with Crippen molar-refractivity contribution in [2.45, 2.75) is 12.1 Å². The number of thiophene rings is 1. The molecule has 2 atom stereocenters. The Morgan fingerprint density at radius 1 is 1.60 bits per heavy atom. The molecule has 1 aliphatic rings. The maximum Gasteiger partial charge on any atom is 0.331 e. The number of morpholine rings is 1. The Kier molecular flexibility index (Phi) is 4.94. The minimum absolute atomic E-state index is 0.170. The average Bonchev–Trinajstić information content (AvgIpc) is 2.98. The Labute approximate surface area is 119 Å². The second-order valence-electron chi connectivity index (χ2n) is 4.36. The molecule has 1 aromatic heterocycles. The molecule has 0 aromatic carbocycles. The summed E-state index contributed by atoms with van der Waals surface area (Å²) in [6, 6.07) is 1.88. The highest BCUT2D eigenvalue weighted by Gasteiger charge is 2.28. The third-order valence-corrected chi connectivity index (χ3v) is 3.91. The van der Waals surface area contributed by atoms with Gasteiger partial charge in [0.2, 0.25) is 0 Å². The van der Waals surface area contributed by atoms with Crippen molar-refractivity contribution >= 4 is 23.3 Å². The van der Waals surface area contributed by atoms with E-state index in [9.17, 15) is 14.7 Å². The number of aliphatic hydroxyl groups is 1. The summed E-state index contributed by atoms with van der Waals surface area (Å²) in [7, 11) is 0. The number of carboxylic acids is 1. The average molecular weight is 300 g/mol. The molecule has 0 saturated carbocycles. The molecule has 1 fully saturated rings. The van der Waals surface area contributed by atoms with E-state index in [1.165, 1.54) is 16.2 Å². The summed E-state index contributed by atoms with van der Waals surface area (Å²) in [6.07, 6.45) is -0.417. The van der Waals surface area contributed by atoms with E-state index in [0.717, 1.165) is 0 Å². The van der Waals surface area contributed by atoms with E-state index in [-0.39, 0.29) is 13.2 Å². The number of hydrogen-bond donors (Lipinski definition) is 3. The molecular formula is C12H16N2O5S. The van der Waals surface area contributed by atoms with Crippen LogP contribution in [-0.2, 0) is 9.53 Å². The van der Waals surface area contributed by atoms with Gasteiger partial charge in [0, 0.05) is 11.4 Å². The van der Waals surface area contributed by atoms with E-state index in [1.54, 1.807) is 17.5 Å². The van der Waals surface area contributed by atoms with Crippen molar-refractivity contribution < 1.29 is 24.5 Å². The first kappa shape index (κ1) is 14.8. The summed E-state index contributed by atoms with van der Waals surface area (Å²) in [5.41, 5.74) is 0. The standard InChI is InChI=1S/C12H16N2O5S/c15-7-8-6-14(3-4-19-8)12(18)13-10(11(16)17)9-2-1-5-20-9/h1-2,5,8,10,15H,3-4,6-7H2,(H,13,18)(H,16,17). The van der Waals surface area contributed by atoms with E-state index in [1.807, 2.05) is 0 Å². The fourth-order valence-corrected chi connectivity index (χ4v) is 2.71. The zero-order chi connectivity index (χ0) is 14.5. The lowest BCUT2D eigenvalue weighted by atomic mass is 10.2. The maximum absolute atomic E-state index is 12.1. The summed E-state index contributed by atoms with van der Waals surface area (Å²) in [5, 5.41) is 22.5. The van der Waals surface area contributed by atoms with Crippen LogP contribution in [0.2, 0.25) is 0 Å². The first-order valence-corrected chi connectivity index (χ1v) is 7.04. The van der Waals surface area contributed by atoms with E-state index in [0.29, 0.717) is 18.0 Å². The van der Waals surface area contributed by atoms with Gasteiger partial charge in [-0.2, -0.15) is 0 Å². The first-order valence-electron chi connectivity index (χ1n) is 6.16. The van der Waals surface area contributed by atoms with Gasteiger partial charge in [-0.15, -0.1) is 11.3 Å². The van der Waals surface area contributed by atoms with Crippen molar-refractivity contribution in [2.24, 2.45) is 0 Å². The summed E-state index contributed by atoms with van der Waals surface area (Å²) >= 11 is 1.27. The highest BCUT2D eigenvalue weighted by atomic mass is 32.1. The van der Waals surface area contributed by atoms with Crippen molar-refractivity contribution in [1.29, 1.82) is 0 Å². The zero-order valence-electron chi connectivity index (χ0n) is 10.7. The summed E-state index contributed by atoms with van der Waals surface area (Å²) in [5.74, 6) is -1.10. The van der Waals surface area contributed by atoms with Gasteiger partial charge in [-0.1, -0.05) is 6.07 Å². The van der Waals surface area contributed by atoms with Gasteiger partial charge in [0.1, 0.15) is 0 Å². The topological polar surface area (TPSA) is 99.1 Å². The molecule has 0 radical (unpaired) electrons. The quantitative estimate of drug-likeness (QED) is 0.741. The SMILES string of the molecule is O=C(O)C(NC(=O)N1CCOC(CO)C1)c1cccs1. The van der Waals surface area contributed by atoms with Crippen LogP contribution < -0.4 is 5.32 Å². The van der Waals surface area contributed by atoms with Crippen LogP contribution in [0.1, 0.15) is 10.9 Å². The highest BCUT2D eigenvalue weighted by molar-refractivity contribution is 7.10. The van der Waals surface area contributed by atoms with Crippen molar-refractivity contribution in [2.75, 3.05) is 26.3 Å². The molecule has 110 valence electrons. The van der Waals surface area contributed by atoms with Gasteiger partial charge >= 0.3 is 12.0 Å². The van der Waals surface area contributed by atoms with E-state index in [4.69, 9.17) is 9.84 Å². The number of amides is 2. The molecule has 1 aromatic rings. The Bertz CT molecular complexity index is 464. The highest BCUT2D eigenvalue weighted by Crippen LogP contribution is 2.19. The fraction of sp³-hybridized carbons (Fsp3) is 0.500. The first-order chi connectivity index (χ1) is 9.61. The Morgan fingerprint density at radius 2 is 2.40 bits per heavy atom. The molecule has 2 heterocycles. The lowest BCUT2D eigenvalue weighted by Crippen LogP contribution is -2.51. The molecule has 20 heavy (non-hydrogen) atoms.